The van der Waals surface area contributed by atoms with Gasteiger partial charge in [0.25, 0.3) is 0 Å². The number of hydrogen-bond acceptors (Lipinski definition) is 8. The molecule has 29 heavy (non-hydrogen) atoms. The number of Topliss-reactive ketones (excluding diaryl/α,β-unsaturated/α-hetero) is 1. The van der Waals surface area contributed by atoms with Crippen LogP contribution in [0.15, 0.2) is 0 Å². The molecular formula is C20H38O8Si. The first-order valence-corrected chi connectivity index (χ1v) is 12.9. The van der Waals surface area contributed by atoms with Crippen LogP contribution in [-0.4, -0.2) is 79.6 Å². The van der Waals surface area contributed by atoms with Gasteiger partial charge in [0.1, 0.15) is 17.6 Å². The highest BCUT2D eigenvalue weighted by Crippen LogP contribution is 2.39. The van der Waals surface area contributed by atoms with Crippen molar-refractivity contribution < 1.29 is 38.8 Å². The Morgan fingerprint density at radius 1 is 1.17 bits per heavy atom. The van der Waals surface area contributed by atoms with Gasteiger partial charge in [-0.3, -0.25) is 9.59 Å². The van der Waals surface area contributed by atoms with Crippen molar-refractivity contribution in [2.75, 3.05) is 13.7 Å². The quantitative estimate of drug-likeness (QED) is 0.268. The van der Waals surface area contributed by atoms with Gasteiger partial charge in [0.2, 0.25) is 0 Å². The summed E-state index contributed by atoms with van der Waals surface area (Å²) in [6.07, 6.45) is -4.62. The van der Waals surface area contributed by atoms with Crippen molar-refractivity contribution in [1.29, 1.82) is 0 Å². The van der Waals surface area contributed by atoms with Gasteiger partial charge in [-0.15, -0.1) is 0 Å². The van der Waals surface area contributed by atoms with E-state index in [2.05, 4.69) is 33.9 Å². The van der Waals surface area contributed by atoms with Crippen molar-refractivity contribution in [3.8, 4) is 0 Å². The Morgan fingerprint density at radius 2 is 1.72 bits per heavy atom. The van der Waals surface area contributed by atoms with E-state index in [1.807, 2.05) is 0 Å². The molecule has 0 spiro atoms. The maximum Gasteiger partial charge on any atom is 0.320 e. The molecular weight excluding hydrogens is 396 g/mol. The first kappa shape index (κ1) is 26.2. The Hall–Kier alpha value is -0.843. The number of carbonyl (C=O) groups excluding carboxylic acids is 2. The second-order valence-electron chi connectivity index (χ2n) is 9.88. The molecule has 8 nitrogen and oxygen atoms in total. The number of hydrogen-bond donors (Lipinski definition) is 3. The SMILES string of the molecule is CO[C@@H](C[C@H](C[C@H](O)[C@@H]1OC(=O)C(C)(C)C1=O)O[Si](C)(C)C(C)(C)C)[C@@H](O)CO. The average Bonchev–Trinajstić information content (AvgIpc) is 2.80. The topological polar surface area (TPSA) is 123 Å². The van der Waals surface area contributed by atoms with Gasteiger partial charge in [-0.05, 0) is 32.0 Å². The Kier molecular flexibility index (Phi) is 8.61. The number of aliphatic hydroxyl groups is 3. The summed E-state index contributed by atoms with van der Waals surface area (Å²) in [5.41, 5.74) is -1.29. The standard InChI is InChI=1S/C20H38O8Si/c1-19(2,3)29(7,8)28-12(10-15(26-6)14(23)11-21)9-13(22)16-17(24)20(4,5)18(25)27-16/h12-16,21-23H,9-11H2,1-8H3/t12-,13-,14-,15-,16-/m0/s1. The third-order valence-electron chi connectivity index (χ3n) is 6.15. The van der Waals surface area contributed by atoms with Crippen LogP contribution in [0.1, 0.15) is 47.5 Å². The Morgan fingerprint density at radius 3 is 2.10 bits per heavy atom. The number of ether oxygens (including phenoxy) is 2. The van der Waals surface area contributed by atoms with Crippen molar-refractivity contribution in [2.45, 2.75) is 96.1 Å². The molecule has 170 valence electrons. The molecule has 1 aliphatic heterocycles. The maximum absolute atomic E-state index is 12.5. The third kappa shape index (κ3) is 6.08. The van der Waals surface area contributed by atoms with E-state index in [0.29, 0.717) is 0 Å². The zero-order valence-corrected chi connectivity index (χ0v) is 19.9. The van der Waals surface area contributed by atoms with E-state index in [0.717, 1.165) is 0 Å². The lowest BCUT2D eigenvalue weighted by molar-refractivity contribution is -0.151. The zero-order valence-electron chi connectivity index (χ0n) is 18.9. The van der Waals surface area contributed by atoms with Crippen molar-refractivity contribution in [3.05, 3.63) is 0 Å². The van der Waals surface area contributed by atoms with Gasteiger partial charge in [0.05, 0.1) is 18.8 Å². The smallest absolute Gasteiger partial charge is 0.320 e. The van der Waals surface area contributed by atoms with Crippen LogP contribution in [0.4, 0.5) is 0 Å². The van der Waals surface area contributed by atoms with Crippen LogP contribution in [0.3, 0.4) is 0 Å². The van der Waals surface area contributed by atoms with E-state index >= 15 is 0 Å². The van der Waals surface area contributed by atoms with Gasteiger partial charge in [-0.25, -0.2) is 0 Å². The summed E-state index contributed by atoms with van der Waals surface area (Å²) < 4.78 is 16.9. The molecule has 0 amide bonds. The Labute approximate surface area is 174 Å². The normalized spacial score (nSPS) is 24.2. The number of aliphatic hydroxyl groups excluding tert-OH is 3. The second-order valence-corrected chi connectivity index (χ2v) is 14.6. The first-order chi connectivity index (χ1) is 13.1. The molecule has 0 aromatic carbocycles. The lowest BCUT2D eigenvalue weighted by Gasteiger charge is -2.41. The van der Waals surface area contributed by atoms with Gasteiger partial charge in [-0.2, -0.15) is 0 Å². The molecule has 0 aromatic rings. The van der Waals surface area contributed by atoms with Crippen LogP contribution >= 0.6 is 0 Å². The monoisotopic (exact) mass is 434 g/mol. The van der Waals surface area contributed by atoms with Crippen molar-refractivity contribution in [2.24, 2.45) is 5.41 Å². The molecule has 9 heteroatoms. The summed E-state index contributed by atoms with van der Waals surface area (Å²) in [7, 11) is -0.836. The predicted molar refractivity (Wildman–Crippen MR) is 110 cm³/mol. The van der Waals surface area contributed by atoms with E-state index in [1.54, 1.807) is 0 Å². The van der Waals surface area contributed by atoms with Crippen LogP contribution in [-0.2, 0) is 23.5 Å². The van der Waals surface area contributed by atoms with Gasteiger partial charge < -0.3 is 29.2 Å². The van der Waals surface area contributed by atoms with Crippen LogP contribution < -0.4 is 0 Å². The number of ketones is 1. The molecule has 1 fully saturated rings. The molecule has 0 bridgehead atoms. The molecule has 1 saturated heterocycles. The fraction of sp³-hybridized carbons (Fsp3) is 0.900. The molecule has 0 saturated carbocycles. The number of carbonyl (C=O) groups is 2. The summed E-state index contributed by atoms with van der Waals surface area (Å²) in [4.78, 5) is 24.5. The van der Waals surface area contributed by atoms with Gasteiger partial charge in [0.15, 0.2) is 20.2 Å². The lowest BCUT2D eigenvalue weighted by atomic mass is 9.86. The molecule has 0 unspecified atom stereocenters. The fourth-order valence-corrected chi connectivity index (χ4v) is 4.37. The van der Waals surface area contributed by atoms with Crippen LogP contribution in [0, 0.1) is 5.41 Å². The molecule has 1 heterocycles. The number of rotatable bonds is 10. The van der Waals surface area contributed by atoms with E-state index < -0.39 is 62.6 Å². The van der Waals surface area contributed by atoms with E-state index in [1.165, 1.54) is 21.0 Å². The minimum atomic E-state index is -2.26. The largest absolute Gasteiger partial charge is 0.451 e. The van der Waals surface area contributed by atoms with Gasteiger partial charge in [0, 0.05) is 20.0 Å². The van der Waals surface area contributed by atoms with E-state index in [9.17, 15) is 24.9 Å². The summed E-state index contributed by atoms with van der Waals surface area (Å²) in [6, 6.07) is 0. The lowest BCUT2D eigenvalue weighted by Crippen LogP contribution is -2.48. The summed E-state index contributed by atoms with van der Waals surface area (Å²) in [5, 5.41) is 29.9. The zero-order chi connectivity index (χ0) is 22.8. The van der Waals surface area contributed by atoms with E-state index in [-0.39, 0.29) is 17.9 Å². The fourth-order valence-electron chi connectivity index (χ4n) is 2.99. The number of esters is 1. The molecule has 0 aromatic heterocycles. The first-order valence-electron chi connectivity index (χ1n) is 10.0. The highest BCUT2D eigenvalue weighted by molar-refractivity contribution is 6.74. The van der Waals surface area contributed by atoms with Crippen LogP contribution in [0.25, 0.3) is 0 Å². The van der Waals surface area contributed by atoms with Crippen molar-refractivity contribution in [3.63, 3.8) is 0 Å². The van der Waals surface area contributed by atoms with Crippen LogP contribution in [0.2, 0.25) is 18.1 Å². The molecule has 0 radical (unpaired) electrons. The van der Waals surface area contributed by atoms with Gasteiger partial charge >= 0.3 is 5.97 Å². The highest BCUT2D eigenvalue weighted by atomic mass is 28.4. The Bertz CT molecular complexity index is 584. The average molecular weight is 435 g/mol. The summed E-state index contributed by atoms with van der Waals surface area (Å²) in [6.45, 7) is 12.8. The van der Waals surface area contributed by atoms with Crippen molar-refractivity contribution in [1.82, 2.24) is 0 Å². The number of methoxy groups -OCH3 is 1. The summed E-state index contributed by atoms with van der Waals surface area (Å²) >= 11 is 0. The number of cyclic esters (lactones) is 1. The molecule has 3 N–H and O–H groups in total. The highest BCUT2D eigenvalue weighted by Gasteiger charge is 2.53. The second kappa shape index (κ2) is 9.53. The summed E-state index contributed by atoms with van der Waals surface area (Å²) in [5.74, 6) is -1.11. The van der Waals surface area contributed by atoms with Crippen molar-refractivity contribution >= 4 is 20.1 Å². The van der Waals surface area contributed by atoms with Gasteiger partial charge in [-0.1, -0.05) is 20.8 Å². The minimum Gasteiger partial charge on any atom is -0.451 e. The third-order valence-corrected chi connectivity index (χ3v) is 10.7. The maximum atomic E-state index is 12.5. The van der Waals surface area contributed by atoms with Crippen LogP contribution in [0.5, 0.6) is 0 Å². The molecule has 0 aliphatic carbocycles. The minimum absolute atomic E-state index is 0.0320. The molecule has 1 aliphatic rings. The molecule has 1 rings (SSSR count). The van der Waals surface area contributed by atoms with E-state index in [4.69, 9.17) is 13.9 Å². The Balaban J connectivity index is 3.04. The predicted octanol–water partition coefficient (Wildman–Crippen LogP) is 1.41. The molecule has 5 atom stereocenters.